The molecule has 3 heterocycles. The van der Waals surface area contributed by atoms with Gasteiger partial charge in [0.15, 0.2) is 10.9 Å². The Bertz CT molecular complexity index is 850. The highest BCUT2D eigenvalue weighted by molar-refractivity contribution is 7.15. The summed E-state index contributed by atoms with van der Waals surface area (Å²) in [6, 6.07) is 8.25. The van der Waals surface area contributed by atoms with E-state index in [9.17, 15) is 4.79 Å². The topological polar surface area (TPSA) is 45.7 Å². The smallest absolute Gasteiger partial charge is 0.185 e. The van der Waals surface area contributed by atoms with E-state index < -0.39 is 0 Å². The molecule has 162 valence electrons. The van der Waals surface area contributed by atoms with Gasteiger partial charge in [0.05, 0.1) is 13.2 Å². The number of thiazole rings is 1. The van der Waals surface area contributed by atoms with Crippen molar-refractivity contribution >= 4 is 22.3 Å². The van der Waals surface area contributed by atoms with Crippen molar-refractivity contribution in [3.05, 3.63) is 46.5 Å². The summed E-state index contributed by atoms with van der Waals surface area (Å²) in [7, 11) is 0. The van der Waals surface area contributed by atoms with Gasteiger partial charge in [0.2, 0.25) is 0 Å². The maximum Gasteiger partial charge on any atom is 0.185 e. The predicted molar refractivity (Wildman–Crippen MR) is 123 cm³/mol. The van der Waals surface area contributed by atoms with Crippen LogP contribution in [0, 0.1) is 5.92 Å². The molecule has 2 aliphatic rings. The maximum absolute atomic E-state index is 13.1. The number of carbonyl (C=O) groups excluding carboxylic acids is 1. The quantitative estimate of drug-likeness (QED) is 0.663. The first-order chi connectivity index (χ1) is 14.4. The van der Waals surface area contributed by atoms with E-state index in [0.717, 1.165) is 69.5 Å². The molecule has 0 radical (unpaired) electrons. The number of morpholine rings is 1. The van der Waals surface area contributed by atoms with Gasteiger partial charge in [0.1, 0.15) is 0 Å². The molecule has 2 aliphatic heterocycles. The van der Waals surface area contributed by atoms with Gasteiger partial charge in [-0.1, -0.05) is 45.0 Å². The number of rotatable bonds is 5. The molecule has 1 aromatic carbocycles. The monoisotopic (exact) mass is 427 g/mol. The van der Waals surface area contributed by atoms with Crippen LogP contribution in [0.4, 0.5) is 5.13 Å². The molecule has 6 heteroatoms. The first-order valence-electron chi connectivity index (χ1n) is 11.0. The van der Waals surface area contributed by atoms with Crippen LogP contribution in [0.1, 0.15) is 54.4 Å². The number of nitrogens with zero attached hydrogens (tertiary/aromatic N) is 3. The third-order valence-corrected chi connectivity index (χ3v) is 7.16. The summed E-state index contributed by atoms with van der Waals surface area (Å²) < 4.78 is 5.44. The van der Waals surface area contributed by atoms with Gasteiger partial charge < -0.3 is 9.64 Å². The zero-order valence-electron chi connectivity index (χ0n) is 18.4. The summed E-state index contributed by atoms with van der Waals surface area (Å²) in [4.78, 5) is 23.8. The molecule has 1 atom stereocenters. The van der Waals surface area contributed by atoms with E-state index in [0.29, 0.717) is 5.78 Å². The van der Waals surface area contributed by atoms with Crippen LogP contribution in [-0.2, 0) is 16.7 Å². The fourth-order valence-electron chi connectivity index (χ4n) is 4.27. The summed E-state index contributed by atoms with van der Waals surface area (Å²) in [5.41, 5.74) is 2.23. The van der Waals surface area contributed by atoms with Crippen LogP contribution in [-0.4, -0.2) is 55.1 Å². The molecular weight excluding hydrogens is 394 g/mol. The van der Waals surface area contributed by atoms with E-state index in [-0.39, 0.29) is 11.3 Å². The van der Waals surface area contributed by atoms with E-state index >= 15 is 0 Å². The van der Waals surface area contributed by atoms with Gasteiger partial charge in [0.25, 0.3) is 0 Å². The van der Waals surface area contributed by atoms with Crippen molar-refractivity contribution in [2.75, 3.05) is 44.3 Å². The average Bonchev–Trinajstić information content (AvgIpc) is 3.22. The first kappa shape index (κ1) is 21.5. The van der Waals surface area contributed by atoms with E-state index in [2.05, 4.69) is 47.7 Å². The van der Waals surface area contributed by atoms with E-state index in [1.807, 2.05) is 18.3 Å². The van der Waals surface area contributed by atoms with Gasteiger partial charge >= 0.3 is 0 Å². The molecule has 1 aromatic heterocycles. The second kappa shape index (κ2) is 9.16. The van der Waals surface area contributed by atoms with Gasteiger partial charge in [-0.3, -0.25) is 9.69 Å². The number of hydrogen-bond donors (Lipinski definition) is 0. The normalized spacial score (nSPS) is 21.0. The van der Waals surface area contributed by atoms with Crippen molar-refractivity contribution in [1.82, 2.24) is 9.88 Å². The van der Waals surface area contributed by atoms with Crippen LogP contribution >= 0.6 is 11.3 Å². The minimum absolute atomic E-state index is 0.0888. The highest BCUT2D eigenvalue weighted by atomic mass is 32.1. The predicted octanol–water partition coefficient (Wildman–Crippen LogP) is 4.37. The number of piperidine rings is 1. The summed E-state index contributed by atoms with van der Waals surface area (Å²) in [6.07, 6.45) is 4.07. The average molecular weight is 428 g/mol. The lowest BCUT2D eigenvalue weighted by Gasteiger charge is -2.31. The molecule has 30 heavy (non-hydrogen) atoms. The van der Waals surface area contributed by atoms with Crippen molar-refractivity contribution in [2.24, 2.45) is 5.92 Å². The number of Topliss-reactive ketones (excluding diaryl/α,β-unsaturated/α-hetero) is 1. The summed E-state index contributed by atoms with van der Waals surface area (Å²) in [5, 5.41) is 1.09. The van der Waals surface area contributed by atoms with Crippen molar-refractivity contribution < 1.29 is 9.53 Å². The van der Waals surface area contributed by atoms with Crippen molar-refractivity contribution in [3.63, 3.8) is 0 Å². The van der Waals surface area contributed by atoms with E-state index in [1.165, 1.54) is 10.4 Å². The molecule has 0 spiro atoms. The number of ketones is 1. The SMILES string of the molecule is CC(C)(C)c1ccc(C(=O)C2CCCN(Cc3cnc(N4CCOCC4)s3)C2)cc1. The summed E-state index contributed by atoms with van der Waals surface area (Å²) in [5.74, 6) is 0.379. The Labute approximate surface area is 184 Å². The molecule has 0 saturated carbocycles. The Morgan fingerprint density at radius 2 is 1.90 bits per heavy atom. The second-order valence-electron chi connectivity index (χ2n) is 9.47. The van der Waals surface area contributed by atoms with Crippen molar-refractivity contribution in [2.45, 2.75) is 45.6 Å². The van der Waals surface area contributed by atoms with Gasteiger partial charge in [0, 0.05) is 48.7 Å². The highest BCUT2D eigenvalue weighted by Crippen LogP contribution is 2.28. The first-order valence-corrected chi connectivity index (χ1v) is 11.9. The minimum Gasteiger partial charge on any atom is -0.378 e. The Morgan fingerprint density at radius 1 is 1.17 bits per heavy atom. The van der Waals surface area contributed by atoms with E-state index in [4.69, 9.17) is 4.74 Å². The molecule has 2 fully saturated rings. The molecule has 2 aromatic rings. The third kappa shape index (κ3) is 5.10. The van der Waals surface area contributed by atoms with Crippen LogP contribution in [0.3, 0.4) is 0 Å². The van der Waals surface area contributed by atoms with Gasteiger partial charge in [-0.05, 0) is 30.4 Å². The maximum atomic E-state index is 13.1. The number of aromatic nitrogens is 1. The van der Waals surface area contributed by atoms with Gasteiger partial charge in [-0.25, -0.2) is 4.98 Å². The van der Waals surface area contributed by atoms with Gasteiger partial charge in [-0.2, -0.15) is 0 Å². The molecule has 2 saturated heterocycles. The van der Waals surface area contributed by atoms with Crippen LogP contribution < -0.4 is 4.90 Å². The Hall–Kier alpha value is -1.76. The lowest BCUT2D eigenvalue weighted by atomic mass is 9.85. The number of ether oxygens (including phenoxy) is 1. The molecule has 1 unspecified atom stereocenters. The Morgan fingerprint density at radius 3 is 2.60 bits per heavy atom. The standard InChI is InChI=1S/C24H33N3O2S/c1-24(2,3)20-8-6-18(7-9-20)22(28)19-5-4-10-26(16-19)17-21-15-25-23(30-21)27-11-13-29-14-12-27/h6-9,15,19H,4-5,10-14,16-17H2,1-3H3. The van der Waals surface area contributed by atoms with Crippen LogP contribution in [0.15, 0.2) is 30.5 Å². The molecule has 0 amide bonds. The Balaban J connectivity index is 1.36. The fraction of sp³-hybridized carbons (Fsp3) is 0.583. The zero-order valence-corrected chi connectivity index (χ0v) is 19.2. The highest BCUT2D eigenvalue weighted by Gasteiger charge is 2.27. The van der Waals surface area contributed by atoms with Crippen LogP contribution in [0.2, 0.25) is 0 Å². The molecule has 4 rings (SSSR count). The number of carbonyl (C=O) groups is 1. The minimum atomic E-state index is 0.0888. The van der Waals surface area contributed by atoms with Crippen molar-refractivity contribution in [1.29, 1.82) is 0 Å². The third-order valence-electron chi connectivity index (χ3n) is 6.11. The fourth-order valence-corrected chi connectivity index (χ4v) is 5.28. The molecule has 0 N–H and O–H groups in total. The van der Waals surface area contributed by atoms with E-state index in [1.54, 1.807) is 11.3 Å². The number of hydrogen-bond acceptors (Lipinski definition) is 6. The van der Waals surface area contributed by atoms with Crippen LogP contribution in [0.25, 0.3) is 0 Å². The number of anilines is 1. The lowest BCUT2D eigenvalue weighted by Crippen LogP contribution is -2.38. The largest absolute Gasteiger partial charge is 0.378 e. The Kier molecular flexibility index (Phi) is 6.56. The van der Waals surface area contributed by atoms with Crippen LogP contribution in [0.5, 0.6) is 0 Å². The second-order valence-corrected chi connectivity index (χ2v) is 10.6. The van der Waals surface area contributed by atoms with Gasteiger partial charge in [-0.15, -0.1) is 11.3 Å². The van der Waals surface area contributed by atoms with Crippen molar-refractivity contribution in [3.8, 4) is 0 Å². The number of likely N-dealkylation sites (tertiary alicyclic amines) is 1. The lowest BCUT2D eigenvalue weighted by molar-refractivity contribution is 0.0812. The number of benzene rings is 1. The summed E-state index contributed by atoms with van der Waals surface area (Å²) >= 11 is 1.78. The molecule has 0 aliphatic carbocycles. The molecule has 5 nitrogen and oxygen atoms in total. The summed E-state index contributed by atoms with van der Waals surface area (Å²) in [6.45, 7) is 12.8. The molecule has 0 bridgehead atoms. The molecular formula is C24H33N3O2S. The zero-order chi connectivity index (χ0) is 21.1.